The summed E-state index contributed by atoms with van der Waals surface area (Å²) in [5.74, 6) is 1.96. The SMILES string of the molecule is COc1cc(-c2ccccc2OC)nc(CCN)n1. The van der Waals surface area contributed by atoms with Crippen molar-refractivity contribution in [3.63, 3.8) is 0 Å². The van der Waals surface area contributed by atoms with Crippen molar-refractivity contribution in [1.29, 1.82) is 0 Å². The molecular formula is C14H17N3O2. The molecule has 0 saturated carbocycles. The Kier molecular flexibility index (Phi) is 4.30. The van der Waals surface area contributed by atoms with Gasteiger partial charge in [0.1, 0.15) is 11.6 Å². The van der Waals surface area contributed by atoms with Crippen LogP contribution in [0.5, 0.6) is 11.6 Å². The molecule has 0 saturated heterocycles. The second-order valence-corrected chi connectivity index (χ2v) is 3.95. The molecule has 1 aromatic carbocycles. The van der Waals surface area contributed by atoms with Gasteiger partial charge in [-0.2, -0.15) is 4.98 Å². The zero-order chi connectivity index (χ0) is 13.7. The lowest BCUT2D eigenvalue weighted by Crippen LogP contribution is -2.08. The normalized spacial score (nSPS) is 10.3. The van der Waals surface area contributed by atoms with Crippen LogP contribution in [-0.4, -0.2) is 30.7 Å². The van der Waals surface area contributed by atoms with Crippen LogP contribution in [0.1, 0.15) is 5.82 Å². The van der Waals surface area contributed by atoms with E-state index in [2.05, 4.69) is 9.97 Å². The first-order chi connectivity index (χ1) is 9.28. The molecule has 2 aromatic rings. The molecule has 0 bridgehead atoms. The molecule has 19 heavy (non-hydrogen) atoms. The van der Waals surface area contributed by atoms with Crippen molar-refractivity contribution in [2.24, 2.45) is 5.73 Å². The molecular weight excluding hydrogens is 242 g/mol. The molecule has 100 valence electrons. The Morgan fingerprint density at radius 2 is 1.89 bits per heavy atom. The molecule has 2 N–H and O–H groups in total. The molecule has 0 radical (unpaired) electrons. The summed E-state index contributed by atoms with van der Waals surface area (Å²) in [4.78, 5) is 8.77. The van der Waals surface area contributed by atoms with E-state index in [1.165, 1.54) is 0 Å². The number of ether oxygens (including phenoxy) is 2. The molecule has 5 heteroatoms. The maximum atomic E-state index is 5.55. The Morgan fingerprint density at radius 1 is 1.11 bits per heavy atom. The average molecular weight is 259 g/mol. The first kappa shape index (κ1) is 13.3. The van der Waals surface area contributed by atoms with Gasteiger partial charge in [0.25, 0.3) is 0 Å². The molecule has 2 rings (SSSR count). The molecule has 0 aliphatic rings. The lowest BCUT2D eigenvalue weighted by atomic mass is 10.1. The van der Waals surface area contributed by atoms with E-state index in [0.29, 0.717) is 24.7 Å². The summed E-state index contributed by atoms with van der Waals surface area (Å²) in [6, 6.07) is 9.49. The van der Waals surface area contributed by atoms with Gasteiger partial charge in [0.15, 0.2) is 0 Å². The number of hydrogen-bond acceptors (Lipinski definition) is 5. The third-order valence-corrected chi connectivity index (χ3v) is 2.71. The van der Waals surface area contributed by atoms with Crippen LogP contribution in [0, 0.1) is 0 Å². The predicted octanol–water partition coefficient (Wildman–Crippen LogP) is 1.66. The second-order valence-electron chi connectivity index (χ2n) is 3.95. The van der Waals surface area contributed by atoms with Gasteiger partial charge in [0.2, 0.25) is 5.88 Å². The summed E-state index contributed by atoms with van der Waals surface area (Å²) in [6.07, 6.45) is 0.610. The summed E-state index contributed by atoms with van der Waals surface area (Å²) in [5.41, 5.74) is 7.23. The lowest BCUT2D eigenvalue weighted by Gasteiger charge is -2.10. The minimum Gasteiger partial charge on any atom is -0.496 e. The number of hydrogen-bond donors (Lipinski definition) is 1. The minimum atomic E-state index is 0.499. The topological polar surface area (TPSA) is 70.3 Å². The third kappa shape index (κ3) is 3.00. The number of nitrogens with zero attached hydrogens (tertiary/aromatic N) is 2. The second kappa shape index (κ2) is 6.15. The Bertz CT molecular complexity index is 558. The van der Waals surface area contributed by atoms with E-state index in [1.54, 1.807) is 20.3 Å². The average Bonchev–Trinajstić information content (AvgIpc) is 2.47. The van der Waals surface area contributed by atoms with Gasteiger partial charge in [-0.05, 0) is 18.7 Å². The van der Waals surface area contributed by atoms with Gasteiger partial charge in [-0.15, -0.1) is 0 Å². The molecule has 0 aliphatic heterocycles. The quantitative estimate of drug-likeness (QED) is 0.884. The van der Waals surface area contributed by atoms with Crippen LogP contribution in [0.15, 0.2) is 30.3 Å². The summed E-state index contributed by atoms with van der Waals surface area (Å²) in [5, 5.41) is 0. The monoisotopic (exact) mass is 259 g/mol. The van der Waals surface area contributed by atoms with Crippen molar-refractivity contribution < 1.29 is 9.47 Å². The van der Waals surface area contributed by atoms with Crippen molar-refractivity contribution in [1.82, 2.24) is 9.97 Å². The van der Waals surface area contributed by atoms with E-state index in [1.807, 2.05) is 24.3 Å². The van der Waals surface area contributed by atoms with Crippen LogP contribution >= 0.6 is 0 Å². The number of methoxy groups -OCH3 is 2. The molecule has 1 heterocycles. The Hall–Kier alpha value is -2.14. The minimum absolute atomic E-state index is 0.499. The highest BCUT2D eigenvalue weighted by atomic mass is 16.5. The van der Waals surface area contributed by atoms with Crippen molar-refractivity contribution in [2.75, 3.05) is 20.8 Å². The number of benzene rings is 1. The zero-order valence-corrected chi connectivity index (χ0v) is 11.1. The first-order valence-electron chi connectivity index (χ1n) is 6.04. The molecule has 0 amide bonds. The number of aromatic nitrogens is 2. The van der Waals surface area contributed by atoms with Gasteiger partial charge in [0.05, 0.1) is 19.9 Å². The fourth-order valence-corrected chi connectivity index (χ4v) is 1.81. The summed E-state index contributed by atoms with van der Waals surface area (Å²) < 4.78 is 10.6. The zero-order valence-electron chi connectivity index (χ0n) is 11.1. The number of nitrogens with two attached hydrogens (primary N) is 1. The van der Waals surface area contributed by atoms with E-state index in [4.69, 9.17) is 15.2 Å². The fraction of sp³-hybridized carbons (Fsp3) is 0.286. The van der Waals surface area contributed by atoms with Crippen LogP contribution in [0.2, 0.25) is 0 Å². The molecule has 0 fully saturated rings. The number of para-hydroxylation sites is 1. The Morgan fingerprint density at radius 3 is 2.58 bits per heavy atom. The van der Waals surface area contributed by atoms with Crippen molar-refractivity contribution in [3.8, 4) is 22.9 Å². The maximum Gasteiger partial charge on any atom is 0.216 e. The van der Waals surface area contributed by atoms with Gasteiger partial charge in [-0.1, -0.05) is 12.1 Å². The molecule has 0 aliphatic carbocycles. The summed E-state index contributed by atoms with van der Waals surface area (Å²) in [6.45, 7) is 0.499. The van der Waals surface area contributed by atoms with E-state index in [9.17, 15) is 0 Å². The standard InChI is InChI=1S/C14H17N3O2/c1-18-12-6-4-3-5-10(12)11-9-14(19-2)17-13(16-11)7-8-15/h3-6,9H,7-8,15H2,1-2H3. The molecule has 0 unspecified atom stereocenters. The van der Waals surface area contributed by atoms with Gasteiger partial charge in [-0.25, -0.2) is 4.98 Å². The van der Waals surface area contributed by atoms with E-state index in [-0.39, 0.29) is 0 Å². The maximum absolute atomic E-state index is 5.55. The fourth-order valence-electron chi connectivity index (χ4n) is 1.81. The Balaban J connectivity index is 2.51. The van der Waals surface area contributed by atoms with Crippen LogP contribution in [0.25, 0.3) is 11.3 Å². The van der Waals surface area contributed by atoms with Gasteiger partial charge >= 0.3 is 0 Å². The third-order valence-electron chi connectivity index (χ3n) is 2.71. The van der Waals surface area contributed by atoms with Crippen LogP contribution in [0.3, 0.4) is 0 Å². The highest BCUT2D eigenvalue weighted by Crippen LogP contribution is 2.29. The molecule has 0 spiro atoms. The Labute approximate surface area is 112 Å². The largest absolute Gasteiger partial charge is 0.496 e. The first-order valence-corrected chi connectivity index (χ1v) is 6.04. The predicted molar refractivity (Wildman–Crippen MR) is 73.3 cm³/mol. The molecule has 5 nitrogen and oxygen atoms in total. The van der Waals surface area contributed by atoms with Crippen LogP contribution in [-0.2, 0) is 6.42 Å². The van der Waals surface area contributed by atoms with Crippen molar-refractivity contribution in [3.05, 3.63) is 36.2 Å². The lowest BCUT2D eigenvalue weighted by molar-refractivity contribution is 0.395. The van der Waals surface area contributed by atoms with E-state index in [0.717, 1.165) is 17.0 Å². The van der Waals surface area contributed by atoms with E-state index >= 15 is 0 Å². The summed E-state index contributed by atoms with van der Waals surface area (Å²) >= 11 is 0. The molecule has 1 aromatic heterocycles. The highest BCUT2D eigenvalue weighted by Gasteiger charge is 2.10. The van der Waals surface area contributed by atoms with Crippen LogP contribution in [0.4, 0.5) is 0 Å². The van der Waals surface area contributed by atoms with Gasteiger partial charge in [0, 0.05) is 18.1 Å². The van der Waals surface area contributed by atoms with E-state index < -0.39 is 0 Å². The van der Waals surface area contributed by atoms with Crippen LogP contribution < -0.4 is 15.2 Å². The van der Waals surface area contributed by atoms with Gasteiger partial charge < -0.3 is 15.2 Å². The summed E-state index contributed by atoms with van der Waals surface area (Å²) in [7, 11) is 3.22. The van der Waals surface area contributed by atoms with Gasteiger partial charge in [-0.3, -0.25) is 0 Å². The van der Waals surface area contributed by atoms with Crippen molar-refractivity contribution in [2.45, 2.75) is 6.42 Å². The number of rotatable bonds is 5. The van der Waals surface area contributed by atoms with Crippen molar-refractivity contribution >= 4 is 0 Å². The molecule has 0 atom stereocenters. The smallest absolute Gasteiger partial charge is 0.216 e. The highest BCUT2D eigenvalue weighted by molar-refractivity contribution is 5.67.